The molecule has 0 bridgehead atoms. The van der Waals surface area contributed by atoms with E-state index in [0.29, 0.717) is 17.8 Å². The number of nitro benzene ring substituents is 1. The maximum Gasteiger partial charge on any atom is 0.269 e. The van der Waals surface area contributed by atoms with Crippen molar-refractivity contribution >= 4 is 5.69 Å². The number of rotatable bonds is 4. The van der Waals surface area contributed by atoms with Crippen molar-refractivity contribution in [1.29, 1.82) is 5.26 Å². The topological polar surface area (TPSA) is 137 Å². The number of hydrogen-bond acceptors (Lipinski definition) is 7. The number of aromatic nitrogens is 2. The van der Waals surface area contributed by atoms with Gasteiger partial charge in [-0.05, 0) is 24.1 Å². The summed E-state index contributed by atoms with van der Waals surface area (Å²) < 4.78 is 7.19. The van der Waals surface area contributed by atoms with Gasteiger partial charge in [0.05, 0.1) is 22.9 Å². The Labute approximate surface area is 176 Å². The third-order valence-electron chi connectivity index (χ3n) is 5.19. The van der Waals surface area contributed by atoms with Gasteiger partial charge in [-0.3, -0.25) is 19.9 Å². The van der Waals surface area contributed by atoms with Gasteiger partial charge in [0.2, 0.25) is 5.88 Å². The van der Waals surface area contributed by atoms with Crippen molar-refractivity contribution in [3.05, 3.63) is 109 Å². The van der Waals surface area contributed by atoms with Gasteiger partial charge >= 0.3 is 0 Å². The fourth-order valence-corrected chi connectivity index (χ4v) is 3.68. The lowest BCUT2D eigenvalue weighted by Crippen LogP contribution is -2.33. The molecule has 1 unspecified atom stereocenters. The molecule has 1 atom stereocenters. The number of nitrogens with two attached hydrogens (primary N) is 1. The van der Waals surface area contributed by atoms with E-state index >= 15 is 0 Å². The van der Waals surface area contributed by atoms with Crippen LogP contribution in [0.5, 0.6) is 5.75 Å². The second-order valence-electron chi connectivity index (χ2n) is 7.09. The number of aryl methyl sites for hydroxylation is 1. The summed E-state index contributed by atoms with van der Waals surface area (Å²) in [6.07, 6.45) is 3.32. The van der Waals surface area contributed by atoms with Crippen LogP contribution in [-0.4, -0.2) is 14.5 Å². The third kappa shape index (κ3) is 3.51. The van der Waals surface area contributed by atoms with Crippen LogP contribution in [0.15, 0.2) is 71.1 Å². The molecule has 2 aromatic heterocycles. The van der Waals surface area contributed by atoms with Crippen LogP contribution < -0.4 is 16.0 Å². The summed E-state index contributed by atoms with van der Waals surface area (Å²) in [6.45, 7) is 2.07. The SMILES string of the molecule is Cc1cc2c(c(=O)n1Cc1cccnc1)C(c1ccc([N+](=O)[O-])cc1)C(C#N)=C(N)O2. The predicted octanol–water partition coefficient (Wildman–Crippen LogP) is 2.73. The zero-order valence-electron chi connectivity index (χ0n) is 16.5. The maximum absolute atomic E-state index is 13.5. The molecule has 0 fully saturated rings. The Hall–Kier alpha value is -4.45. The van der Waals surface area contributed by atoms with E-state index in [-0.39, 0.29) is 34.0 Å². The van der Waals surface area contributed by atoms with Gasteiger partial charge in [0.15, 0.2) is 0 Å². The lowest BCUT2D eigenvalue weighted by molar-refractivity contribution is -0.384. The molecule has 0 saturated carbocycles. The van der Waals surface area contributed by atoms with Crippen molar-refractivity contribution in [1.82, 2.24) is 9.55 Å². The molecule has 0 saturated heterocycles. The molecule has 154 valence electrons. The first-order valence-electron chi connectivity index (χ1n) is 9.36. The first-order valence-corrected chi connectivity index (χ1v) is 9.36. The summed E-state index contributed by atoms with van der Waals surface area (Å²) in [6, 6.07) is 13.1. The summed E-state index contributed by atoms with van der Waals surface area (Å²) in [4.78, 5) is 28.1. The van der Waals surface area contributed by atoms with E-state index < -0.39 is 10.8 Å². The van der Waals surface area contributed by atoms with Crippen LogP contribution in [0.2, 0.25) is 0 Å². The van der Waals surface area contributed by atoms with E-state index in [4.69, 9.17) is 10.5 Å². The average molecular weight is 415 g/mol. The van der Waals surface area contributed by atoms with Crippen molar-refractivity contribution in [2.45, 2.75) is 19.4 Å². The van der Waals surface area contributed by atoms with Crippen molar-refractivity contribution < 1.29 is 9.66 Å². The van der Waals surface area contributed by atoms with Crippen molar-refractivity contribution in [3.8, 4) is 11.8 Å². The summed E-state index contributed by atoms with van der Waals surface area (Å²) in [5.41, 5.74) is 7.92. The van der Waals surface area contributed by atoms with Crippen molar-refractivity contribution in [3.63, 3.8) is 0 Å². The molecule has 0 radical (unpaired) electrons. The Bertz CT molecular complexity index is 1300. The minimum atomic E-state index is -0.803. The number of ether oxygens (including phenoxy) is 1. The number of pyridine rings is 2. The molecule has 9 heteroatoms. The van der Waals surface area contributed by atoms with Gasteiger partial charge < -0.3 is 15.0 Å². The number of non-ortho nitro benzene ring substituents is 1. The highest BCUT2D eigenvalue weighted by Gasteiger charge is 2.34. The maximum atomic E-state index is 13.5. The average Bonchev–Trinajstić information content (AvgIpc) is 2.76. The summed E-state index contributed by atoms with van der Waals surface area (Å²) in [5.74, 6) is -0.630. The van der Waals surface area contributed by atoms with Crippen LogP contribution in [0.4, 0.5) is 5.69 Å². The fourth-order valence-electron chi connectivity index (χ4n) is 3.68. The summed E-state index contributed by atoms with van der Waals surface area (Å²) in [5, 5.41) is 20.7. The Morgan fingerprint density at radius 3 is 2.68 bits per heavy atom. The normalized spacial score (nSPS) is 15.0. The van der Waals surface area contributed by atoms with Crippen LogP contribution in [0.1, 0.15) is 28.3 Å². The minimum Gasteiger partial charge on any atom is -0.440 e. The number of hydrogen-bond donors (Lipinski definition) is 1. The summed E-state index contributed by atoms with van der Waals surface area (Å²) in [7, 11) is 0. The van der Waals surface area contributed by atoms with Crippen LogP contribution >= 0.6 is 0 Å². The molecular weight excluding hydrogens is 398 g/mol. The number of nitro groups is 1. The molecule has 0 spiro atoms. The molecule has 1 aromatic carbocycles. The van der Waals surface area contributed by atoms with Gasteiger partial charge in [-0.2, -0.15) is 5.26 Å². The predicted molar refractivity (Wildman–Crippen MR) is 111 cm³/mol. The highest BCUT2D eigenvalue weighted by molar-refractivity contribution is 5.56. The van der Waals surface area contributed by atoms with E-state index in [2.05, 4.69) is 4.98 Å². The molecule has 0 aliphatic carbocycles. The highest BCUT2D eigenvalue weighted by Crippen LogP contribution is 2.40. The van der Waals surface area contributed by atoms with E-state index in [9.17, 15) is 20.2 Å². The first-order chi connectivity index (χ1) is 14.9. The molecule has 9 nitrogen and oxygen atoms in total. The van der Waals surface area contributed by atoms with E-state index in [0.717, 1.165) is 5.56 Å². The Morgan fingerprint density at radius 1 is 1.32 bits per heavy atom. The second kappa shape index (κ2) is 7.76. The molecule has 1 aliphatic heterocycles. The molecule has 0 amide bonds. The molecule has 3 heterocycles. The van der Waals surface area contributed by atoms with Crippen LogP contribution in [0.25, 0.3) is 0 Å². The Balaban J connectivity index is 1.90. The Kier molecular flexibility index (Phi) is 4.97. The minimum absolute atomic E-state index is 0.0789. The van der Waals surface area contributed by atoms with E-state index in [1.807, 2.05) is 12.1 Å². The largest absolute Gasteiger partial charge is 0.440 e. The molecule has 4 rings (SSSR count). The molecular formula is C22H17N5O4. The van der Waals surface area contributed by atoms with Gasteiger partial charge in [-0.25, -0.2) is 0 Å². The molecule has 3 aromatic rings. The highest BCUT2D eigenvalue weighted by atomic mass is 16.6. The first kappa shape index (κ1) is 19.8. The second-order valence-corrected chi connectivity index (χ2v) is 7.09. The van der Waals surface area contributed by atoms with E-state index in [1.54, 1.807) is 36.0 Å². The van der Waals surface area contributed by atoms with Gasteiger partial charge in [0.25, 0.3) is 11.2 Å². The molecule has 2 N–H and O–H groups in total. The lowest BCUT2D eigenvalue weighted by Gasteiger charge is -2.27. The van der Waals surface area contributed by atoms with Crippen LogP contribution in [-0.2, 0) is 6.54 Å². The van der Waals surface area contributed by atoms with Gasteiger partial charge in [-0.15, -0.1) is 0 Å². The number of nitrogens with zero attached hydrogens (tertiary/aromatic N) is 4. The number of fused-ring (bicyclic) bond motifs is 1. The fraction of sp³-hybridized carbons (Fsp3) is 0.136. The summed E-state index contributed by atoms with van der Waals surface area (Å²) >= 11 is 0. The smallest absolute Gasteiger partial charge is 0.269 e. The quantitative estimate of drug-likeness (QED) is 0.511. The van der Waals surface area contributed by atoms with Crippen LogP contribution in [0, 0.1) is 28.4 Å². The standard InChI is InChI=1S/C22H17N5O4/c1-13-9-18-20(22(28)26(13)12-14-3-2-8-25-11-14)19(17(10-23)21(24)31-18)15-4-6-16(7-5-15)27(29)30/h2-9,11,19H,12,24H2,1H3. The van der Waals surface area contributed by atoms with Gasteiger partial charge in [0.1, 0.15) is 17.4 Å². The molecule has 31 heavy (non-hydrogen) atoms. The van der Waals surface area contributed by atoms with Crippen LogP contribution in [0.3, 0.4) is 0 Å². The number of allylic oxidation sites excluding steroid dienone is 1. The van der Waals surface area contributed by atoms with E-state index in [1.165, 1.54) is 24.3 Å². The third-order valence-corrected chi connectivity index (χ3v) is 5.19. The van der Waals surface area contributed by atoms with Gasteiger partial charge in [-0.1, -0.05) is 18.2 Å². The lowest BCUT2D eigenvalue weighted by atomic mass is 9.84. The van der Waals surface area contributed by atoms with Crippen molar-refractivity contribution in [2.75, 3.05) is 0 Å². The zero-order valence-corrected chi connectivity index (χ0v) is 16.5. The number of benzene rings is 1. The number of nitriles is 1. The Morgan fingerprint density at radius 2 is 2.06 bits per heavy atom. The molecule has 1 aliphatic rings. The van der Waals surface area contributed by atoms with Crippen molar-refractivity contribution in [2.24, 2.45) is 5.73 Å². The monoisotopic (exact) mass is 415 g/mol. The zero-order chi connectivity index (χ0) is 22.1. The van der Waals surface area contributed by atoms with Gasteiger partial charge in [0, 0.05) is 36.3 Å².